The molecule has 0 aliphatic rings. The molecule has 0 spiro atoms. The highest BCUT2D eigenvalue weighted by Crippen LogP contribution is 2.19. The van der Waals surface area contributed by atoms with Gasteiger partial charge in [0.2, 0.25) is 5.82 Å². The van der Waals surface area contributed by atoms with Gasteiger partial charge in [0.15, 0.2) is 11.7 Å². The Kier molecular flexibility index (Phi) is 7.10. The van der Waals surface area contributed by atoms with Gasteiger partial charge < -0.3 is 24.5 Å². The number of rotatable bonds is 9. The zero-order valence-electron chi connectivity index (χ0n) is 16.8. The van der Waals surface area contributed by atoms with Gasteiger partial charge in [-0.1, -0.05) is 6.07 Å². The van der Waals surface area contributed by atoms with Crippen LogP contribution in [-0.4, -0.2) is 47.4 Å². The number of guanidine groups is 1. The molecule has 29 heavy (non-hydrogen) atoms. The number of methoxy groups -OCH3 is 1. The van der Waals surface area contributed by atoms with Crippen LogP contribution in [0.1, 0.15) is 19.7 Å². The monoisotopic (exact) mass is 398 g/mol. The average Bonchev–Trinajstić information content (AvgIpc) is 3.42. The van der Waals surface area contributed by atoms with Crippen molar-refractivity contribution >= 4 is 5.96 Å². The van der Waals surface area contributed by atoms with Crippen LogP contribution in [0.25, 0.3) is 11.6 Å². The second-order valence-electron chi connectivity index (χ2n) is 6.27. The van der Waals surface area contributed by atoms with E-state index in [0.717, 1.165) is 18.0 Å². The summed E-state index contributed by atoms with van der Waals surface area (Å²) in [5, 5.41) is 13.5. The number of aromatic nitrogens is 3. The van der Waals surface area contributed by atoms with E-state index in [1.165, 1.54) is 0 Å². The summed E-state index contributed by atoms with van der Waals surface area (Å²) in [7, 11) is 1.63. The lowest BCUT2D eigenvalue weighted by atomic mass is 10.3. The van der Waals surface area contributed by atoms with Crippen molar-refractivity contribution in [2.45, 2.75) is 26.5 Å². The highest BCUT2D eigenvalue weighted by molar-refractivity contribution is 5.79. The molecule has 3 rings (SSSR count). The fourth-order valence-corrected chi connectivity index (χ4v) is 2.57. The molecule has 0 saturated carbocycles. The topological polar surface area (TPSA) is 110 Å². The summed E-state index contributed by atoms with van der Waals surface area (Å²) in [4.78, 5) is 8.93. The standard InChI is InChI=1S/C20H26N6O3/c1-4-21-20(22-12-14(2)29-16-8-5-7-15(11-16)27-3)23-13-18-24-19(26-25-18)17-9-6-10-28-17/h5-11,14H,4,12-13H2,1-3H3,(H2,21,22,23)(H,24,25,26). The van der Waals surface area contributed by atoms with Gasteiger partial charge in [0.25, 0.3) is 0 Å². The highest BCUT2D eigenvalue weighted by Gasteiger charge is 2.09. The Morgan fingerprint density at radius 3 is 2.86 bits per heavy atom. The maximum atomic E-state index is 5.93. The van der Waals surface area contributed by atoms with Crippen LogP contribution in [-0.2, 0) is 6.54 Å². The maximum Gasteiger partial charge on any atom is 0.216 e. The van der Waals surface area contributed by atoms with E-state index in [-0.39, 0.29) is 6.10 Å². The molecule has 3 N–H and O–H groups in total. The number of H-pyrrole nitrogens is 1. The van der Waals surface area contributed by atoms with Crippen LogP contribution in [0.15, 0.2) is 52.1 Å². The first-order valence-electron chi connectivity index (χ1n) is 9.46. The number of furan rings is 1. The molecule has 9 heteroatoms. The Bertz CT molecular complexity index is 907. The minimum atomic E-state index is -0.0678. The number of ether oxygens (including phenoxy) is 2. The lowest BCUT2D eigenvalue weighted by Gasteiger charge is -2.18. The highest BCUT2D eigenvalue weighted by atomic mass is 16.5. The fraction of sp³-hybridized carbons (Fsp3) is 0.350. The van der Waals surface area contributed by atoms with Crippen LogP contribution in [0.5, 0.6) is 11.5 Å². The van der Waals surface area contributed by atoms with Crippen molar-refractivity contribution in [3.8, 4) is 23.1 Å². The van der Waals surface area contributed by atoms with Crippen LogP contribution in [0.3, 0.4) is 0 Å². The summed E-state index contributed by atoms with van der Waals surface area (Å²) in [6, 6.07) is 11.1. The van der Waals surface area contributed by atoms with Crippen LogP contribution in [0.2, 0.25) is 0 Å². The number of nitrogens with zero attached hydrogens (tertiary/aromatic N) is 3. The molecule has 2 heterocycles. The molecule has 9 nitrogen and oxygen atoms in total. The van der Waals surface area contributed by atoms with E-state index in [4.69, 9.17) is 13.9 Å². The van der Waals surface area contributed by atoms with Gasteiger partial charge in [0.1, 0.15) is 30.0 Å². The lowest BCUT2D eigenvalue weighted by molar-refractivity contribution is 0.223. The van der Waals surface area contributed by atoms with Gasteiger partial charge in [-0.05, 0) is 38.1 Å². The smallest absolute Gasteiger partial charge is 0.216 e. The molecule has 1 unspecified atom stereocenters. The Hall–Kier alpha value is -3.49. The average molecular weight is 398 g/mol. The summed E-state index contributed by atoms with van der Waals surface area (Å²) in [5.41, 5.74) is 0. The number of nitrogens with one attached hydrogen (secondary N) is 3. The van der Waals surface area contributed by atoms with E-state index in [2.05, 4.69) is 30.8 Å². The van der Waals surface area contributed by atoms with Gasteiger partial charge >= 0.3 is 0 Å². The first kappa shape index (κ1) is 20.2. The lowest BCUT2D eigenvalue weighted by Crippen LogP contribution is -2.41. The zero-order valence-corrected chi connectivity index (χ0v) is 16.8. The third-order valence-electron chi connectivity index (χ3n) is 3.94. The molecule has 0 radical (unpaired) electrons. The summed E-state index contributed by atoms with van der Waals surface area (Å²) in [6.45, 7) is 5.68. The van der Waals surface area contributed by atoms with E-state index in [0.29, 0.717) is 36.5 Å². The normalized spacial score (nSPS) is 12.4. The largest absolute Gasteiger partial charge is 0.497 e. The molecule has 0 amide bonds. The first-order chi connectivity index (χ1) is 14.2. The Morgan fingerprint density at radius 1 is 1.24 bits per heavy atom. The zero-order chi connectivity index (χ0) is 20.5. The molecular weight excluding hydrogens is 372 g/mol. The van der Waals surface area contributed by atoms with Crippen molar-refractivity contribution in [1.82, 2.24) is 25.8 Å². The molecule has 3 aromatic rings. The molecule has 0 fully saturated rings. The third-order valence-corrected chi connectivity index (χ3v) is 3.94. The molecule has 1 aromatic carbocycles. The van der Waals surface area contributed by atoms with Gasteiger partial charge in [-0.3, -0.25) is 5.10 Å². The third kappa shape index (κ3) is 6.00. The van der Waals surface area contributed by atoms with Gasteiger partial charge in [-0.25, -0.2) is 9.98 Å². The van der Waals surface area contributed by atoms with Gasteiger partial charge in [-0.2, -0.15) is 0 Å². The maximum absolute atomic E-state index is 5.93. The first-order valence-corrected chi connectivity index (χ1v) is 9.46. The summed E-state index contributed by atoms with van der Waals surface area (Å²) in [5.74, 6) is 3.97. The van der Waals surface area contributed by atoms with E-state index in [1.807, 2.05) is 44.2 Å². The summed E-state index contributed by atoms with van der Waals surface area (Å²) >= 11 is 0. The van der Waals surface area contributed by atoms with Crippen molar-refractivity contribution < 1.29 is 13.9 Å². The van der Waals surface area contributed by atoms with E-state index in [1.54, 1.807) is 19.4 Å². The molecule has 154 valence electrons. The van der Waals surface area contributed by atoms with Gasteiger partial charge in [0.05, 0.1) is 19.9 Å². The predicted molar refractivity (Wildman–Crippen MR) is 110 cm³/mol. The predicted octanol–water partition coefficient (Wildman–Crippen LogP) is 2.60. The molecule has 1 atom stereocenters. The Morgan fingerprint density at radius 2 is 2.10 bits per heavy atom. The molecule has 0 aliphatic heterocycles. The molecule has 0 bridgehead atoms. The van der Waals surface area contributed by atoms with Crippen LogP contribution >= 0.6 is 0 Å². The summed E-state index contributed by atoms with van der Waals surface area (Å²) in [6.07, 6.45) is 1.52. The second kappa shape index (κ2) is 10.2. The Balaban J connectivity index is 1.53. The second-order valence-corrected chi connectivity index (χ2v) is 6.27. The molecule has 0 saturated heterocycles. The van der Waals surface area contributed by atoms with Crippen molar-refractivity contribution in [2.24, 2.45) is 4.99 Å². The number of benzene rings is 1. The number of aliphatic imine (C=N–C) groups is 1. The molecule has 0 aliphatic carbocycles. The van der Waals surface area contributed by atoms with Crippen LogP contribution in [0.4, 0.5) is 0 Å². The van der Waals surface area contributed by atoms with Crippen LogP contribution in [0, 0.1) is 0 Å². The molecular formula is C20H26N6O3. The quantitative estimate of drug-likeness (QED) is 0.375. The van der Waals surface area contributed by atoms with Crippen LogP contribution < -0.4 is 20.1 Å². The number of hydrogen-bond acceptors (Lipinski definition) is 6. The fourth-order valence-electron chi connectivity index (χ4n) is 2.57. The minimum absolute atomic E-state index is 0.0678. The number of aromatic amines is 1. The van der Waals surface area contributed by atoms with Crippen molar-refractivity contribution in [3.05, 3.63) is 48.5 Å². The summed E-state index contributed by atoms with van der Waals surface area (Å²) < 4.78 is 16.4. The SMILES string of the molecule is CCNC(=NCc1nc(-c2ccco2)n[nH]1)NCC(C)Oc1cccc(OC)c1. The van der Waals surface area contributed by atoms with Gasteiger partial charge in [0, 0.05) is 12.6 Å². The number of hydrogen-bond donors (Lipinski definition) is 3. The van der Waals surface area contributed by atoms with E-state index >= 15 is 0 Å². The van der Waals surface area contributed by atoms with Crippen molar-refractivity contribution in [2.75, 3.05) is 20.2 Å². The molecule has 2 aromatic heterocycles. The van der Waals surface area contributed by atoms with E-state index < -0.39 is 0 Å². The van der Waals surface area contributed by atoms with Crippen molar-refractivity contribution in [1.29, 1.82) is 0 Å². The minimum Gasteiger partial charge on any atom is -0.497 e. The van der Waals surface area contributed by atoms with Crippen molar-refractivity contribution in [3.63, 3.8) is 0 Å². The Labute approximate surface area is 169 Å². The van der Waals surface area contributed by atoms with E-state index in [9.17, 15) is 0 Å². The van der Waals surface area contributed by atoms with Gasteiger partial charge in [-0.15, -0.1) is 5.10 Å².